The summed E-state index contributed by atoms with van der Waals surface area (Å²) in [5.74, 6) is -1.44. The molecule has 1 aliphatic carbocycles. The number of carbonyl (C=O) groups is 1. The van der Waals surface area contributed by atoms with Gasteiger partial charge in [0.25, 0.3) is 0 Å². The number of alkyl halides is 3. The number of aliphatic hydroxyl groups is 1. The summed E-state index contributed by atoms with van der Waals surface area (Å²) in [5, 5.41) is 20.9. The van der Waals surface area contributed by atoms with Gasteiger partial charge in [0.2, 0.25) is 0 Å². The fourth-order valence-electron chi connectivity index (χ4n) is 1.77. The molecule has 0 unspecified atom stereocenters. The van der Waals surface area contributed by atoms with Crippen molar-refractivity contribution in [2.24, 2.45) is 0 Å². The zero-order valence-electron chi connectivity index (χ0n) is 9.79. The van der Waals surface area contributed by atoms with E-state index in [1.165, 1.54) is 0 Å². The predicted molar refractivity (Wildman–Crippen MR) is 61.1 cm³/mol. The quantitative estimate of drug-likeness (QED) is 0.789. The van der Waals surface area contributed by atoms with Crippen LogP contribution in [0.4, 0.5) is 18.9 Å². The third-order valence-electron chi connectivity index (χ3n) is 3.13. The Bertz CT molecular complexity index is 509. The number of aromatic carboxylic acids is 1. The van der Waals surface area contributed by atoms with Crippen LogP contribution in [0.15, 0.2) is 18.2 Å². The maximum Gasteiger partial charge on any atom is 0.416 e. The summed E-state index contributed by atoms with van der Waals surface area (Å²) in [7, 11) is 0. The maximum atomic E-state index is 12.5. The van der Waals surface area contributed by atoms with Crippen LogP contribution >= 0.6 is 0 Å². The molecule has 0 spiro atoms. The van der Waals surface area contributed by atoms with Crippen LogP contribution in [0.2, 0.25) is 0 Å². The van der Waals surface area contributed by atoms with Crippen LogP contribution in [0.1, 0.15) is 28.8 Å². The average molecular weight is 275 g/mol. The van der Waals surface area contributed by atoms with Gasteiger partial charge in [0.15, 0.2) is 0 Å². The highest BCUT2D eigenvalue weighted by atomic mass is 19.4. The minimum absolute atomic E-state index is 0.0899. The minimum Gasteiger partial charge on any atom is -0.478 e. The highest BCUT2D eigenvalue weighted by Crippen LogP contribution is 2.40. The van der Waals surface area contributed by atoms with E-state index >= 15 is 0 Å². The van der Waals surface area contributed by atoms with Crippen LogP contribution in [0.5, 0.6) is 0 Å². The molecule has 3 N–H and O–H groups in total. The number of halogens is 3. The molecule has 2 rings (SSSR count). The Balaban J connectivity index is 2.36. The van der Waals surface area contributed by atoms with Gasteiger partial charge in [-0.3, -0.25) is 0 Å². The number of rotatable bonds is 4. The molecule has 7 heteroatoms. The van der Waals surface area contributed by atoms with E-state index in [-0.39, 0.29) is 12.3 Å². The van der Waals surface area contributed by atoms with Crippen LogP contribution in [0.25, 0.3) is 0 Å². The van der Waals surface area contributed by atoms with Crippen molar-refractivity contribution in [3.05, 3.63) is 29.3 Å². The lowest BCUT2D eigenvalue weighted by Crippen LogP contribution is -2.27. The van der Waals surface area contributed by atoms with Gasteiger partial charge in [-0.1, -0.05) is 0 Å². The number of carboxylic acid groups (broad SMARTS) is 1. The van der Waals surface area contributed by atoms with Gasteiger partial charge in [0, 0.05) is 5.69 Å². The van der Waals surface area contributed by atoms with E-state index < -0.39 is 28.8 Å². The van der Waals surface area contributed by atoms with Gasteiger partial charge in [-0.25, -0.2) is 4.79 Å². The Morgan fingerprint density at radius 1 is 1.37 bits per heavy atom. The largest absolute Gasteiger partial charge is 0.478 e. The molecule has 1 saturated carbocycles. The molecule has 0 aliphatic heterocycles. The van der Waals surface area contributed by atoms with Crippen molar-refractivity contribution in [2.45, 2.75) is 24.6 Å². The predicted octanol–water partition coefficient (Wildman–Crippen LogP) is 2.34. The fourth-order valence-corrected chi connectivity index (χ4v) is 1.77. The van der Waals surface area contributed by atoms with E-state index in [0.717, 1.165) is 12.1 Å². The summed E-state index contributed by atoms with van der Waals surface area (Å²) in [4.78, 5) is 11.0. The topological polar surface area (TPSA) is 69.6 Å². The van der Waals surface area contributed by atoms with Gasteiger partial charge in [-0.05, 0) is 31.0 Å². The molecule has 1 aromatic rings. The Morgan fingerprint density at radius 3 is 2.42 bits per heavy atom. The van der Waals surface area contributed by atoms with Crippen molar-refractivity contribution >= 4 is 11.7 Å². The second-order valence-electron chi connectivity index (χ2n) is 4.63. The second-order valence-corrected chi connectivity index (χ2v) is 4.63. The molecule has 0 saturated heterocycles. The molecule has 104 valence electrons. The number of hydrogen-bond donors (Lipinski definition) is 3. The first kappa shape index (κ1) is 13.7. The van der Waals surface area contributed by atoms with Crippen molar-refractivity contribution in [3.8, 4) is 0 Å². The number of anilines is 1. The lowest BCUT2D eigenvalue weighted by molar-refractivity contribution is -0.137. The van der Waals surface area contributed by atoms with Gasteiger partial charge in [-0.2, -0.15) is 13.2 Å². The lowest BCUT2D eigenvalue weighted by atomic mass is 10.1. The van der Waals surface area contributed by atoms with Crippen molar-refractivity contribution < 1.29 is 28.2 Å². The SMILES string of the molecule is O=C(O)c1cc(C(F)(F)F)ccc1NC1(CO)CC1. The Labute approximate surface area is 106 Å². The molecule has 1 aliphatic rings. The van der Waals surface area contributed by atoms with Crippen molar-refractivity contribution in [1.29, 1.82) is 0 Å². The molecule has 0 aromatic heterocycles. The van der Waals surface area contributed by atoms with E-state index in [0.29, 0.717) is 18.9 Å². The molecule has 0 radical (unpaired) electrons. The average Bonchev–Trinajstić information content (AvgIpc) is 3.08. The first-order chi connectivity index (χ1) is 8.77. The van der Waals surface area contributed by atoms with E-state index in [1.54, 1.807) is 0 Å². The van der Waals surface area contributed by atoms with Crippen molar-refractivity contribution in [3.63, 3.8) is 0 Å². The normalized spacial score (nSPS) is 17.1. The molecule has 0 heterocycles. The standard InChI is InChI=1S/C12H12F3NO3/c13-12(14,15)7-1-2-9(8(5-7)10(18)19)16-11(6-17)3-4-11/h1-2,5,16-17H,3-4,6H2,(H,18,19). The smallest absolute Gasteiger partial charge is 0.416 e. The summed E-state index contributed by atoms with van der Waals surface area (Å²) >= 11 is 0. The van der Waals surface area contributed by atoms with Crippen LogP contribution in [-0.4, -0.2) is 28.3 Å². The number of hydrogen-bond acceptors (Lipinski definition) is 3. The Morgan fingerprint density at radius 2 is 2.00 bits per heavy atom. The summed E-state index contributed by atoms with van der Waals surface area (Å²) in [6.07, 6.45) is -3.27. The van der Waals surface area contributed by atoms with Crippen molar-refractivity contribution in [2.75, 3.05) is 11.9 Å². The highest BCUT2D eigenvalue weighted by Gasteiger charge is 2.43. The van der Waals surface area contributed by atoms with E-state index in [4.69, 9.17) is 10.2 Å². The summed E-state index contributed by atoms with van der Waals surface area (Å²) in [6, 6.07) is 2.50. The van der Waals surface area contributed by atoms with Crippen LogP contribution < -0.4 is 5.32 Å². The molecular weight excluding hydrogens is 263 g/mol. The first-order valence-electron chi connectivity index (χ1n) is 5.61. The molecule has 0 amide bonds. The zero-order chi connectivity index (χ0) is 14.3. The number of benzene rings is 1. The molecule has 1 fully saturated rings. The second kappa shape index (κ2) is 4.41. The molecular formula is C12H12F3NO3. The van der Waals surface area contributed by atoms with E-state index in [2.05, 4.69) is 5.32 Å². The van der Waals surface area contributed by atoms with E-state index in [1.807, 2.05) is 0 Å². The Hall–Kier alpha value is -1.76. The van der Waals surface area contributed by atoms with Gasteiger partial charge in [0.05, 0.1) is 23.3 Å². The Kier molecular flexibility index (Phi) is 3.17. The zero-order valence-corrected chi connectivity index (χ0v) is 9.79. The van der Waals surface area contributed by atoms with E-state index in [9.17, 15) is 18.0 Å². The minimum atomic E-state index is -4.59. The third-order valence-corrected chi connectivity index (χ3v) is 3.13. The molecule has 0 bridgehead atoms. The van der Waals surface area contributed by atoms with Gasteiger partial charge < -0.3 is 15.5 Å². The monoisotopic (exact) mass is 275 g/mol. The van der Waals surface area contributed by atoms with Gasteiger partial charge in [-0.15, -0.1) is 0 Å². The van der Waals surface area contributed by atoms with Gasteiger partial charge in [0.1, 0.15) is 0 Å². The number of carboxylic acids is 1. The van der Waals surface area contributed by atoms with Crippen LogP contribution in [0.3, 0.4) is 0 Å². The lowest BCUT2D eigenvalue weighted by Gasteiger charge is -2.18. The first-order valence-corrected chi connectivity index (χ1v) is 5.61. The molecule has 19 heavy (non-hydrogen) atoms. The maximum absolute atomic E-state index is 12.5. The molecule has 1 aromatic carbocycles. The highest BCUT2D eigenvalue weighted by molar-refractivity contribution is 5.94. The summed E-state index contributed by atoms with van der Waals surface area (Å²) in [6.45, 7) is -0.187. The van der Waals surface area contributed by atoms with Gasteiger partial charge >= 0.3 is 12.1 Å². The van der Waals surface area contributed by atoms with Crippen LogP contribution in [0, 0.1) is 0 Å². The summed E-state index contributed by atoms with van der Waals surface area (Å²) in [5.41, 5.74) is -1.96. The number of nitrogens with one attached hydrogen (secondary N) is 1. The van der Waals surface area contributed by atoms with Crippen molar-refractivity contribution in [1.82, 2.24) is 0 Å². The molecule has 4 nitrogen and oxygen atoms in total. The number of aliphatic hydroxyl groups excluding tert-OH is 1. The third kappa shape index (κ3) is 2.81. The molecule has 0 atom stereocenters. The van der Waals surface area contributed by atoms with Crippen LogP contribution in [-0.2, 0) is 6.18 Å². The fraction of sp³-hybridized carbons (Fsp3) is 0.417. The summed E-state index contributed by atoms with van der Waals surface area (Å²) < 4.78 is 37.6.